The van der Waals surface area contributed by atoms with Gasteiger partial charge >= 0.3 is 0 Å². The topological polar surface area (TPSA) is 35.9 Å². The number of piperidine rings is 1. The standard InChI is InChI=1S/C19H30N2O2/c1-2-9-21-13-14-23-19-15-16(6-7-17(19)21)18(22)8-12-20-10-4-3-5-11-20/h6-7,15,18,22H,2-5,8-14H2,1H3. The normalized spacial score (nSPS) is 20.0. The molecule has 0 saturated carbocycles. The number of anilines is 1. The second-order valence-electron chi connectivity index (χ2n) is 6.77. The molecule has 1 N–H and O–H groups in total. The van der Waals surface area contributed by atoms with Crippen LogP contribution in [0.3, 0.4) is 0 Å². The minimum absolute atomic E-state index is 0.396. The maximum Gasteiger partial charge on any atom is 0.143 e. The molecule has 1 aromatic rings. The highest BCUT2D eigenvalue weighted by Crippen LogP contribution is 2.34. The summed E-state index contributed by atoms with van der Waals surface area (Å²) in [5.74, 6) is 0.930. The van der Waals surface area contributed by atoms with Gasteiger partial charge in [-0.25, -0.2) is 0 Å². The van der Waals surface area contributed by atoms with E-state index in [1.165, 1.54) is 38.0 Å². The fraction of sp³-hybridized carbons (Fsp3) is 0.684. The van der Waals surface area contributed by atoms with Crippen molar-refractivity contribution in [1.29, 1.82) is 0 Å². The first-order valence-electron chi connectivity index (χ1n) is 9.20. The van der Waals surface area contributed by atoms with Crippen LogP contribution in [0, 0.1) is 0 Å². The summed E-state index contributed by atoms with van der Waals surface area (Å²) >= 11 is 0. The highest BCUT2D eigenvalue weighted by Gasteiger charge is 2.20. The predicted molar refractivity (Wildman–Crippen MR) is 94.3 cm³/mol. The Balaban J connectivity index is 1.61. The molecule has 0 aromatic heterocycles. The number of fused-ring (bicyclic) bond motifs is 1. The molecule has 2 aliphatic heterocycles. The quantitative estimate of drug-likeness (QED) is 0.874. The molecule has 4 heteroatoms. The van der Waals surface area contributed by atoms with Gasteiger partial charge in [0.1, 0.15) is 12.4 Å². The van der Waals surface area contributed by atoms with Gasteiger partial charge in [-0.2, -0.15) is 0 Å². The summed E-state index contributed by atoms with van der Waals surface area (Å²) in [4.78, 5) is 4.85. The second kappa shape index (κ2) is 8.02. The molecule has 0 aliphatic carbocycles. The third kappa shape index (κ3) is 4.18. The fourth-order valence-electron chi connectivity index (χ4n) is 3.66. The number of benzene rings is 1. The van der Waals surface area contributed by atoms with Gasteiger partial charge in [0.15, 0.2) is 0 Å². The molecule has 1 unspecified atom stereocenters. The molecule has 3 rings (SSSR count). The average molecular weight is 318 g/mol. The lowest BCUT2D eigenvalue weighted by Gasteiger charge is -2.32. The molecular weight excluding hydrogens is 288 g/mol. The van der Waals surface area contributed by atoms with Gasteiger partial charge in [-0.05, 0) is 56.5 Å². The van der Waals surface area contributed by atoms with Gasteiger partial charge in [-0.1, -0.05) is 19.4 Å². The SMILES string of the molecule is CCCN1CCOc2cc(C(O)CCN3CCCCC3)ccc21. The van der Waals surface area contributed by atoms with E-state index in [1.807, 2.05) is 6.07 Å². The van der Waals surface area contributed by atoms with Crippen LogP contribution in [0.5, 0.6) is 5.75 Å². The fourth-order valence-corrected chi connectivity index (χ4v) is 3.66. The molecular formula is C19H30N2O2. The van der Waals surface area contributed by atoms with Crippen molar-refractivity contribution in [2.45, 2.75) is 45.1 Å². The van der Waals surface area contributed by atoms with Crippen molar-refractivity contribution in [3.63, 3.8) is 0 Å². The van der Waals surface area contributed by atoms with E-state index in [1.54, 1.807) is 0 Å². The molecule has 0 spiro atoms. The molecule has 0 amide bonds. The van der Waals surface area contributed by atoms with E-state index in [9.17, 15) is 5.11 Å². The van der Waals surface area contributed by atoms with Crippen LogP contribution in [-0.4, -0.2) is 49.3 Å². The molecule has 0 radical (unpaired) electrons. The monoisotopic (exact) mass is 318 g/mol. The zero-order valence-corrected chi connectivity index (χ0v) is 14.3. The van der Waals surface area contributed by atoms with Crippen molar-refractivity contribution in [2.24, 2.45) is 0 Å². The number of ether oxygens (including phenoxy) is 1. The van der Waals surface area contributed by atoms with Gasteiger partial charge < -0.3 is 19.6 Å². The van der Waals surface area contributed by atoms with Crippen molar-refractivity contribution < 1.29 is 9.84 Å². The van der Waals surface area contributed by atoms with E-state index in [-0.39, 0.29) is 0 Å². The van der Waals surface area contributed by atoms with Crippen LogP contribution in [0.25, 0.3) is 0 Å². The van der Waals surface area contributed by atoms with Crippen LogP contribution in [0.2, 0.25) is 0 Å². The third-order valence-electron chi connectivity index (χ3n) is 4.99. The zero-order valence-electron chi connectivity index (χ0n) is 14.3. The summed E-state index contributed by atoms with van der Waals surface area (Å²) in [7, 11) is 0. The van der Waals surface area contributed by atoms with Crippen LogP contribution >= 0.6 is 0 Å². The van der Waals surface area contributed by atoms with E-state index >= 15 is 0 Å². The smallest absolute Gasteiger partial charge is 0.143 e. The molecule has 2 heterocycles. The Kier molecular flexibility index (Phi) is 5.79. The number of rotatable bonds is 6. The summed E-state index contributed by atoms with van der Waals surface area (Å²) in [6.07, 6.45) is 5.51. The molecule has 1 saturated heterocycles. The van der Waals surface area contributed by atoms with E-state index in [2.05, 4.69) is 28.9 Å². The Morgan fingerprint density at radius 3 is 2.74 bits per heavy atom. The first-order valence-corrected chi connectivity index (χ1v) is 9.20. The van der Waals surface area contributed by atoms with E-state index < -0.39 is 6.10 Å². The van der Waals surface area contributed by atoms with Gasteiger partial charge in [0.2, 0.25) is 0 Å². The van der Waals surface area contributed by atoms with Gasteiger partial charge in [0.25, 0.3) is 0 Å². The van der Waals surface area contributed by atoms with Gasteiger partial charge in [0.05, 0.1) is 18.3 Å². The minimum atomic E-state index is -0.396. The molecule has 1 atom stereocenters. The van der Waals surface area contributed by atoms with Crippen molar-refractivity contribution in [3.05, 3.63) is 23.8 Å². The number of hydrogen-bond acceptors (Lipinski definition) is 4. The Morgan fingerprint density at radius 2 is 1.96 bits per heavy atom. The first kappa shape index (κ1) is 16.6. The number of nitrogens with zero attached hydrogens (tertiary/aromatic N) is 2. The van der Waals surface area contributed by atoms with Gasteiger partial charge in [-0.15, -0.1) is 0 Å². The van der Waals surface area contributed by atoms with Crippen LogP contribution in [-0.2, 0) is 0 Å². The van der Waals surface area contributed by atoms with E-state index in [0.717, 1.165) is 50.4 Å². The highest BCUT2D eigenvalue weighted by molar-refractivity contribution is 5.61. The lowest BCUT2D eigenvalue weighted by molar-refractivity contribution is 0.133. The second-order valence-corrected chi connectivity index (χ2v) is 6.77. The van der Waals surface area contributed by atoms with Crippen molar-refractivity contribution in [2.75, 3.05) is 44.2 Å². The number of aliphatic hydroxyl groups excluding tert-OH is 1. The number of likely N-dealkylation sites (tertiary alicyclic amines) is 1. The van der Waals surface area contributed by atoms with Gasteiger partial charge in [-0.3, -0.25) is 0 Å². The lowest BCUT2D eigenvalue weighted by atomic mass is 10.0. The molecule has 0 bridgehead atoms. The van der Waals surface area contributed by atoms with Crippen LogP contribution in [0.15, 0.2) is 18.2 Å². The van der Waals surface area contributed by atoms with Crippen molar-refractivity contribution >= 4 is 5.69 Å². The van der Waals surface area contributed by atoms with Crippen LogP contribution in [0.4, 0.5) is 5.69 Å². The van der Waals surface area contributed by atoms with Crippen LogP contribution in [0.1, 0.15) is 50.7 Å². The average Bonchev–Trinajstić information content (AvgIpc) is 2.60. The van der Waals surface area contributed by atoms with E-state index in [4.69, 9.17) is 4.74 Å². The molecule has 2 aliphatic rings. The summed E-state index contributed by atoms with van der Waals surface area (Å²) in [6.45, 7) is 8.32. The summed E-state index contributed by atoms with van der Waals surface area (Å²) in [6, 6.07) is 6.22. The number of aliphatic hydroxyl groups is 1. The number of hydrogen-bond donors (Lipinski definition) is 1. The van der Waals surface area contributed by atoms with Gasteiger partial charge in [0, 0.05) is 13.1 Å². The maximum atomic E-state index is 10.5. The molecule has 23 heavy (non-hydrogen) atoms. The largest absolute Gasteiger partial charge is 0.490 e. The minimum Gasteiger partial charge on any atom is -0.490 e. The molecule has 1 aromatic carbocycles. The first-order chi connectivity index (χ1) is 11.3. The Bertz CT molecular complexity index is 500. The van der Waals surface area contributed by atoms with Crippen molar-refractivity contribution in [1.82, 2.24) is 4.90 Å². The van der Waals surface area contributed by atoms with E-state index in [0.29, 0.717) is 0 Å². The molecule has 1 fully saturated rings. The Hall–Kier alpha value is -1.26. The zero-order chi connectivity index (χ0) is 16.1. The Morgan fingerprint density at radius 1 is 1.13 bits per heavy atom. The summed E-state index contributed by atoms with van der Waals surface area (Å²) in [5, 5.41) is 10.5. The third-order valence-corrected chi connectivity index (χ3v) is 4.99. The summed E-state index contributed by atoms with van der Waals surface area (Å²) in [5.41, 5.74) is 2.16. The molecule has 128 valence electrons. The lowest BCUT2D eigenvalue weighted by Crippen LogP contribution is -2.33. The maximum absolute atomic E-state index is 10.5. The van der Waals surface area contributed by atoms with Crippen LogP contribution < -0.4 is 9.64 Å². The summed E-state index contributed by atoms with van der Waals surface area (Å²) < 4.78 is 5.82. The highest BCUT2D eigenvalue weighted by atomic mass is 16.5. The van der Waals surface area contributed by atoms with Crippen molar-refractivity contribution in [3.8, 4) is 5.75 Å². The Labute approximate surface area is 140 Å². The predicted octanol–water partition coefficient (Wildman–Crippen LogP) is 3.20. The molecule has 4 nitrogen and oxygen atoms in total.